The second-order valence-electron chi connectivity index (χ2n) is 8.98. The van der Waals surface area contributed by atoms with Gasteiger partial charge >= 0.3 is 12.4 Å². The van der Waals surface area contributed by atoms with Gasteiger partial charge in [0.15, 0.2) is 17.0 Å². The zero-order chi connectivity index (χ0) is 27.7. The van der Waals surface area contributed by atoms with E-state index in [1.165, 1.54) is 6.92 Å². The highest BCUT2D eigenvalue weighted by Crippen LogP contribution is 2.33. The molecule has 16 heteroatoms. The van der Waals surface area contributed by atoms with Gasteiger partial charge in [-0.25, -0.2) is 15.1 Å². The van der Waals surface area contributed by atoms with Gasteiger partial charge in [-0.1, -0.05) is 0 Å². The molecule has 0 spiro atoms. The highest BCUT2D eigenvalue weighted by Gasteiger charge is 2.40. The van der Waals surface area contributed by atoms with Crippen LogP contribution in [0.15, 0.2) is 23.4 Å². The molecule has 0 bridgehead atoms. The summed E-state index contributed by atoms with van der Waals surface area (Å²) in [5, 5.41) is 5.06. The van der Waals surface area contributed by atoms with Crippen LogP contribution in [0.25, 0.3) is 0 Å². The van der Waals surface area contributed by atoms with Gasteiger partial charge in [-0.05, 0) is 19.8 Å². The number of hydrogen-bond donors (Lipinski definition) is 1. The minimum atomic E-state index is -4.94. The molecule has 38 heavy (non-hydrogen) atoms. The molecule has 2 atom stereocenters. The first-order valence-corrected chi connectivity index (χ1v) is 11.7. The monoisotopic (exact) mass is 550 g/mol. The van der Waals surface area contributed by atoms with Crippen molar-refractivity contribution in [3.05, 3.63) is 40.2 Å². The Hall–Kier alpha value is -3.43. The second-order valence-corrected chi connectivity index (χ2v) is 8.98. The van der Waals surface area contributed by atoms with Crippen molar-refractivity contribution in [3.8, 4) is 5.75 Å². The molecule has 0 radical (unpaired) electrons. The number of halogens is 6. The Morgan fingerprint density at radius 2 is 1.71 bits per heavy atom. The molecule has 2 aromatic heterocycles. The topological polar surface area (TPSA) is 114 Å². The fourth-order valence-corrected chi connectivity index (χ4v) is 4.47. The Bertz CT molecular complexity index is 1180. The number of amides is 1. The number of carbonyl (C=O) groups excluding carboxylic acids is 1. The van der Waals surface area contributed by atoms with E-state index in [4.69, 9.17) is 9.47 Å². The molecule has 0 saturated carbocycles. The standard InChI is InChI=1S/C22H24F6N6O4/c1-12(38-15-8-31-32-19(35)18(15)22(26,27)28)11-37-14-4-7-34(20(14)36)13-2-5-33(6-3-13)17-10-29-16(9-30-17)21(23,24)25/h8-10,12-14H,2-7,11H2,1H3,(H,32,35)/t12-,14-/m0/s1. The van der Waals surface area contributed by atoms with Crippen LogP contribution < -0.4 is 15.2 Å². The third kappa shape index (κ3) is 6.16. The van der Waals surface area contributed by atoms with E-state index in [9.17, 15) is 35.9 Å². The van der Waals surface area contributed by atoms with Gasteiger partial charge in [-0.15, -0.1) is 0 Å². The summed E-state index contributed by atoms with van der Waals surface area (Å²) in [5.41, 5.74) is -4.00. The minimum Gasteiger partial charge on any atom is -0.486 e. The van der Waals surface area contributed by atoms with Crippen LogP contribution in [0.1, 0.15) is 37.4 Å². The molecule has 2 aliphatic rings. The molecular formula is C22H24F6N6O4. The lowest BCUT2D eigenvalue weighted by Gasteiger charge is -2.37. The van der Waals surface area contributed by atoms with E-state index < -0.39 is 47.1 Å². The smallest absolute Gasteiger partial charge is 0.434 e. The summed E-state index contributed by atoms with van der Waals surface area (Å²) in [4.78, 5) is 35.2. The van der Waals surface area contributed by atoms with Crippen molar-refractivity contribution in [2.75, 3.05) is 31.1 Å². The van der Waals surface area contributed by atoms with E-state index in [2.05, 4.69) is 15.1 Å². The van der Waals surface area contributed by atoms with Crippen molar-refractivity contribution in [1.29, 1.82) is 0 Å². The highest BCUT2D eigenvalue weighted by molar-refractivity contribution is 5.83. The summed E-state index contributed by atoms with van der Waals surface area (Å²) in [6, 6.07) is -0.0973. The van der Waals surface area contributed by atoms with Gasteiger partial charge in [0, 0.05) is 32.1 Å². The average Bonchev–Trinajstić information content (AvgIpc) is 3.21. The van der Waals surface area contributed by atoms with Crippen molar-refractivity contribution in [2.45, 2.75) is 56.8 Å². The summed E-state index contributed by atoms with van der Waals surface area (Å²) >= 11 is 0. The maximum atomic E-state index is 13.2. The first-order chi connectivity index (χ1) is 17.8. The Morgan fingerprint density at radius 1 is 1.00 bits per heavy atom. The molecular weight excluding hydrogens is 526 g/mol. The number of rotatable bonds is 7. The summed E-state index contributed by atoms with van der Waals surface area (Å²) in [6.45, 7) is 2.62. The van der Waals surface area contributed by atoms with Gasteiger partial charge in [0.1, 0.15) is 18.0 Å². The highest BCUT2D eigenvalue weighted by atomic mass is 19.4. The summed E-state index contributed by atoms with van der Waals surface area (Å²) in [7, 11) is 0. The first-order valence-electron chi connectivity index (χ1n) is 11.7. The number of nitrogens with zero attached hydrogens (tertiary/aromatic N) is 5. The van der Waals surface area contributed by atoms with Crippen LogP contribution in [0.2, 0.25) is 0 Å². The molecule has 208 valence electrons. The number of piperidine rings is 1. The maximum absolute atomic E-state index is 13.2. The van der Waals surface area contributed by atoms with Gasteiger partial charge in [-0.3, -0.25) is 9.59 Å². The number of anilines is 1. The zero-order valence-corrected chi connectivity index (χ0v) is 20.1. The van der Waals surface area contributed by atoms with Crippen LogP contribution in [-0.4, -0.2) is 75.5 Å². The van der Waals surface area contributed by atoms with E-state index >= 15 is 0 Å². The molecule has 1 N–H and O–H groups in total. The van der Waals surface area contributed by atoms with Crippen molar-refractivity contribution < 1.29 is 40.6 Å². The Labute approximate surface area is 211 Å². The number of H-pyrrole nitrogens is 1. The van der Waals surface area contributed by atoms with E-state index in [1.807, 2.05) is 0 Å². The third-order valence-electron chi connectivity index (χ3n) is 6.31. The molecule has 2 aromatic rings. The average molecular weight is 550 g/mol. The second kappa shape index (κ2) is 10.7. The molecule has 1 amide bonds. The molecule has 4 heterocycles. The van der Waals surface area contributed by atoms with Crippen LogP contribution in [0.5, 0.6) is 5.75 Å². The van der Waals surface area contributed by atoms with E-state index in [0.717, 1.165) is 12.4 Å². The summed E-state index contributed by atoms with van der Waals surface area (Å²) in [5.74, 6) is -0.663. The van der Waals surface area contributed by atoms with Gasteiger partial charge in [0.25, 0.3) is 11.5 Å². The molecule has 4 rings (SSSR count). The number of alkyl halides is 6. The lowest BCUT2D eigenvalue weighted by molar-refractivity contribution is -0.142. The molecule has 0 aromatic carbocycles. The van der Waals surface area contributed by atoms with E-state index in [1.54, 1.807) is 14.9 Å². The normalized spacial score (nSPS) is 20.2. The number of aromatic amines is 1. The van der Waals surface area contributed by atoms with Crippen LogP contribution in [0.3, 0.4) is 0 Å². The van der Waals surface area contributed by atoms with Gasteiger partial charge < -0.3 is 19.3 Å². The maximum Gasteiger partial charge on any atom is 0.434 e. The fourth-order valence-electron chi connectivity index (χ4n) is 4.47. The molecule has 0 aliphatic carbocycles. The number of carbonyl (C=O) groups is 1. The van der Waals surface area contributed by atoms with E-state index in [0.29, 0.717) is 50.9 Å². The lowest BCUT2D eigenvalue weighted by atomic mass is 10.0. The number of aromatic nitrogens is 4. The number of ether oxygens (including phenoxy) is 2. The van der Waals surface area contributed by atoms with Crippen molar-refractivity contribution >= 4 is 11.7 Å². The predicted molar refractivity (Wildman–Crippen MR) is 118 cm³/mol. The summed E-state index contributed by atoms with van der Waals surface area (Å²) < 4.78 is 88.5. The lowest BCUT2D eigenvalue weighted by Crippen LogP contribution is -2.47. The zero-order valence-electron chi connectivity index (χ0n) is 20.1. The molecule has 2 saturated heterocycles. The fraction of sp³-hybridized carbons (Fsp3) is 0.591. The number of nitrogens with one attached hydrogen (secondary N) is 1. The van der Waals surface area contributed by atoms with Crippen LogP contribution >= 0.6 is 0 Å². The largest absolute Gasteiger partial charge is 0.486 e. The number of likely N-dealkylation sites (tertiary alicyclic amines) is 1. The van der Waals surface area contributed by atoms with Crippen LogP contribution in [0, 0.1) is 0 Å². The summed E-state index contributed by atoms with van der Waals surface area (Å²) in [6.07, 6.45) is -7.17. The van der Waals surface area contributed by atoms with Gasteiger partial charge in [0.05, 0.1) is 25.2 Å². The molecule has 2 aliphatic heterocycles. The number of hydrogen-bond acceptors (Lipinski definition) is 8. The van der Waals surface area contributed by atoms with Gasteiger partial charge in [-0.2, -0.15) is 31.4 Å². The van der Waals surface area contributed by atoms with Crippen molar-refractivity contribution in [3.63, 3.8) is 0 Å². The van der Waals surface area contributed by atoms with Crippen molar-refractivity contribution in [1.82, 2.24) is 25.1 Å². The quantitative estimate of drug-likeness (QED) is 0.524. The molecule has 2 fully saturated rings. The minimum absolute atomic E-state index is 0.0973. The SMILES string of the molecule is C[C@@H](CO[C@H]1CCN(C2CCN(c3cnc(C(F)(F)F)cn3)CC2)C1=O)Oc1cn[nH]c(=O)c1C(F)(F)F. The Morgan fingerprint density at radius 3 is 2.32 bits per heavy atom. The Kier molecular flexibility index (Phi) is 7.80. The Balaban J connectivity index is 1.27. The third-order valence-corrected chi connectivity index (χ3v) is 6.31. The molecule has 10 nitrogen and oxygen atoms in total. The van der Waals surface area contributed by atoms with Crippen LogP contribution in [-0.2, 0) is 21.9 Å². The van der Waals surface area contributed by atoms with E-state index in [-0.39, 0.29) is 18.6 Å². The van der Waals surface area contributed by atoms with Gasteiger partial charge in [0.2, 0.25) is 0 Å². The van der Waals surface area contributed by atoms with Crippen molar-refractivity contribution in [2.24, 2.45) is 0 Å². The molecule has 0 unspecified atom stereocenters. The first kappa shape index (κ1) is 27.6. The predicted octanol–water partition coefficient (Wildman–Crippen LogP) is 2.65. The van der Waals surface area contributed by atoms with Crippen LogP contribution in [0.4, 0.5) is 32.2 Å².